The number of halogens is 4. The number of ether oxygens (including phenoxy) is 1. The monoisotopic (exact) mass is 309 g/mol. The average Bonchev–Trinajstić information content (AvgIpc) is 2.17. The zero-order valence-electron chi connectivity index (χ0n) is 9.01. The Morgan fingerprint density at radius 1 is 1.47 bits per heavy atom. The van der Waals surface area contributed by atoms with Gasteiger partial charge in [-0.25, -0.2) is 0 Å². The summed E-state index contributed by atoms with van der Waals surface area (Å²) in [6.07, 6.45) is -4.71. The first-order valence-electron chi connectivity index (χ1n) is 5.04. The lowest BCUT2D eigenvalue weighted by Gasteiger charge is -2.39. The van der Waals surface area contributed by atoms with Gasteiger partial charge in [-0.05, 0) is 25.1 Å². The van der Waals surface area contributed by atoms with Crippen LogP contribution in [0.15, 0.2) is 22.7 Å². The Kier molecular flexibility index (Phi) is 2.90. The summed E-state index contributed by atoms with van der Waals surface area (Å²) in [7, 11) is 0. The fourth-order valence-corrected chi connectivity index (χ4v) is 2.27. The van der Waals surface area contributed by atoms with Crippen molar-refractivity contribution >= 4 is 15.9 Å². The van der Waals surface area contributed by atoms with Gasteiger partial charge < -0.3 is 10.5 Å². The molecule has 2 N–H and O–H groups in total. The summed E-state index contributed by atoms with van der Waals surface area (Å²) in [5, 5.41) is 0. The Balaban J connectivity index is 2.44. The first-order valence-corrected chi connectivity index (χ1v) is 5.83. The van der Waals surface area contributed by atoms with Crippen LogP contribution in [0.3, 0.4) is 0 Å². The predicted octanol–water partition coefficient (Wildman–Crippen LogP) is 3.55. The molecule has 1 aromatic carbocycles. The predicted molar refractivity (Wildman–Crippen MR) is 60.8 cm³/mol. The first kappa shape index (κ1) is 12.7. The summed E-state index contributed by atoms with van der Waals surface area (Å²) < 4.78 is 44.5. The number of alkyl halides is 3. The zero-order chi connectivity index (χ0) is 12.8. The molecule has 6 heteroatoms. The lowest BCUT2D eigenvalue weighted by Crippen LogP contribution is -2.51. The summed E-state index contributed by atoms with van der Waals surface area (Å²) in [4.78, 5) is 0. The van der Waals surface area contributed by atoms with Crippen LogP contribution in [0.5, 0.6) is 5.75 Å². The molecule has 1 aromatic rings. The summed E-state index contributed by atoms with van der Waals surface area (Å²) in [6, 6.07) is 4.15. The molecule has 0 amide bonds. The van der Waals surface area contributed by atoms with E-state index in [1.165, 1.54) is 6.07 Å². The van der Waals surface area contributed by atoms with Crippen molar-refractivity contribution in [3.05, 3.63) is 28.2 Å². The molecule has 0 aliphatic carbocycles. The number of rotatable bonds is 0. The van der Waals surface area contributed by atoms with Crippen molar-refractivity contribution in [2.75, 3.05) is 0 Å². The Morgan fingerprint density at radius 3 is 2.71 bits per heavy atom. The quantitative estimate of drug-likeness (QED) is 0.795. The Labute approximate surface area is 105 Å². The molecule has 0 saturated heterocycles. The van der Waals surface area contributed by atoms with E-state index in [2.05, 4.69) is 15.9 Å². The van der Waals surface area contributed by atoms with Crippen LogP contribution < -0.4 is 10.5 Å². The van der Waals surface area contributed by atoms with Gasteiger partial charge in [0, 0.05) is 22.5 Å². The van der Waals surface area contributed by atoms with Crippen molar-refractivity contribution in [1.82, 2.24) is 0 Å². The fraction of sp³-hybridized carbons (Fsp3) is 0.455. The van der Waals surface area contributed by atoms with E-state index in [1.807, 2.05) is 0 Å². The fourth-order valence-electron chi connectivity index (χ4n) is 1.89. The van der Waals surface area contributed by atoms with Gasteiger partial charge in [0.15, 0.2) is 0 Å². The van der Waals surface area contributed by atoms with Crippen molar-refractivity contribution in [2.24, 2.45) is 5.73 Å². The minimum Gasteiger partial charge on any atom is -0.478 e. The molecule has 1 heterocycles. The van der Waals surface area contributed by atoms with Crippen LogP contribution in [-0.2, 0) is 0 Å². The van der Waals surface area contributed by atoms with Crippen molar-refractivity contribution in [1.29, 1.82) is 0 Å². The molecule has 0 fully saturated rings. The largest absolute Gasteiger partial charge is 0.478 e. The minimum atomic E-state index is -4.44. The molecule has 2 rings (SSSR count). The van der Waals surface area contributed by atoms with Gasteiger partial charge in [-0.15, -0.1) is 0 Å². The SMILES string of the molecule is CC1(C(F)(F)F)C[C@H](N)c2cc(Br)ccc2O1. The van der Waals surface area contributed by atoms with Gasteiger partial charge >= 0.3 is 6.18 Å². The normalized spacial score (nSPS) is 28.5. The van der Waals surface area contributed by atoms with Gasteiger partial charge in [-0.3, -0.25) is 0 Å². The van der Waals surface area contributed by atoms with Gasteiger partial charge in [0.05, 0.1) is 0 Å². The van der Waals surface area contributed by atoms with Crippen molar-refractivity contribution < 1.29 is 17.9 Å². The lowest BCUT2D eigenvalue weighted by molar-refractivity contribution is -0.248. The van der Waals surface area contributed by atoms with Gasteiger partial charge in [0.25, 0.3) is 0 Å². The summed E-state index contributed by atoms with van der Waals surface area (Å²) in [5.74, 6) is 0.201. The Hall–Kier alpha value is -0.750. The van der Waals surface area contributed by atoms with Gasteiger partial charge in [-0.1, -0.05) is 15.9 Å². The highest BCUT2D eigenvalue weighted by Crippen LogP contribution is 2.46. The zero-order valence-corrected chi connectivity index (χ0v) is 10.6. The van der Waals surface area contributed by atoms with Crippen molar-refractivity contribution in [2.45, 2.75) is 31.2 Å². The van der Waals surface area contributed by atoms with Gasteiger partial charge in [-0.2, -0.15) is 13.2 Å². The highest BCUT2D eigenvalue weighted by atomic mass is 79.9. The van der Waals surface area contributed by atoms with Gasteiger partial charge in [0.2, 0.25) is 5.60 Å². The second-order valence-corrected chi connectivity index (χ2v) is 5.24. The van der Waals surface area contributed by atoms with Crippen LogP contribution in [0.2, 0.25) is 0 Å². The molecule has 0 saturated carbocycles. The molecule has 2 nitrogen and oxygen atoms in total. The molecule has 0 aromatic heterocycles. The molecular formula is C11H11BrF3NO. The van der Waals surface area contributed by atoms with E-state index in [-0.39, 0.29) is 12.2 Å². The number of hydrogen-bond acceptors (Lipinski definition) is 2. The third kappa shape index (κ3) is 2.15. The molecule has 1 aliphatic rings. The van der Waals surface area contributed by atoms with E-state index in [0.29, 0.717) is 5.56 Å². The van der Waals surface area contributed by atoms with Crippen LogP contribution >= 0.6 is 15.9 Å². The molecule has 0 spiro atoms. The minimum absolute atomic E-state index is 0.201. The molecule has 2 atom stereocenters. The van der Waals surface area contributed by atoms with E-state index in [4.69, 9.17) is 10.5 Å². The summed E-state index contributed by atoms with van der Waals surface area (Å²) in [5.41, 5.74) is 4.17. The highest BCUT2D eigenvalue weighted by Gasteiger charge is 2.56. The second-order valence-electron chi connectivity index (χ2n) is 4.32. The van der Waals surface area contributed by atoms with E-state index in [9.17, 15) is 13.2 Å². The molecule has 0 bridgehead atoms. The first-order chi connectivity index (χ1) is 7.73. The summed E-state index contributed by atoms with van der Waals surface area (Å²) in [6.45, 7) is 1.03. The van der Waals surface area contributed by atoms with Crippen LogP contribution in [0.4, 0.5) is 13.2 Å². The Bertz CT molecular complexity index is 449. The van der Waals surface area contributed by atoms with Crippen LogP contribution in [0, 0.1) is 0 Å². The summed E-state index contributed by atoms with van der Waals surface area (Å²) >= 11 is 3.25. The maximum absolute atomic E-state index is 12.9. The van der Waals surface area contributed by atoms with Crippen LogP contribution in [-0.4, -0.2) is 11.8 Å². The number of fused-ring (bicyclic) bond motifs is 1. The topological polar surface area (TPSA) is 35.2 Å². The molecule has 94 valence electrons. The van der Waals surface area contributed by atoms with Crippen molar-refractivity contribution in [3.8, 4) is 5.75 Å². The molecule has 1 unspecified atom stereocenters. The third-order valence-corrected chi connectivity index (χ3v) is 3.41. The molecule has 17 heavy (non-hydrogen) atoms. The standard InChI is InChI=1S/C11H11BrF3NO/c1-10(11(13,14)15)5-8(16)7-4-6(12)2-3-9(7)17-10/h2-4,8H,5,16H2,1H3/t8-,10?/m0/s1. The average molecular weight is 310 g/mol. The number of hydrogen-bond donors (Lipinski definition) is 1. The van der Waals surface area contributed by atoms with Crippen LogP contribution in [0.25, 0.3) is 0 Å². The lowest BCUT2D eigenvalue weighted by atomic mass is 9.88. The smallest absolute Gasteiger partial charge is 0.428 e. The maximum Gasteiger partial charge on any atom is 0.428 e. The molecular weight excluding hydrogens is 299 g/mol. The van der Waals surface area contributed by atoms with E-state index in [0.717, 1.165) is 11.4 Å². The van der Waals surface area contributed by atoms with E-state index < -0.39 is 17.8 Å². The molecule has 1 aliphatic heterocycles. The van der Waals surface area contributed by atoms with Gasteiger partial charge in [0.1, 0.15) is 5.75 Å². The molecule has 0 radical (unpaired) electrons. The number of benzene rings is 1. The Morgan fingerprint density at radius 2 is 2.12 bits per heavy atom. The second kappa shape index (κ2) is 3.88. The van der Waals surface area contributed by atoms with E-state index >= 15 is 0 Å². The van der Waals surface area contributed by atoms with Crippen molar-refractivity contribution in [3.63, 3.8) is 0 Å². The van der Waals surface area contributed by atoms with E-state index in [1.54, 1.807) is 12.1 Å². The number of nitrogens with two attached hydrogens (primary N) is 1. The maximum atomic E-state index is 12.9. The highest BCUT2D eigenvalue weighted by molar-refractivity contribution is 9.10. The van der Waals surface area contributed by atoms with Crippen LogP contribution in [0.1, 0.15) is 24.9 Å². The third-order valence-electron chi connectivity index (χ3n) is 2.92.